The quantitative estimate of drug-likeness (QED) is 0.898. The van der Waals surface area contributed by atoms with E-state index in [1.807, 2.05) is 13.0 Å². The van der Waals surface area contributed by atoms with Crippen LogP contribution in [0.1, 0.15) is 18.7 Å². The summed E-state index contributed by atoms with van der Waals surface area (Å²) < 4.78 is 5.49. The summed E-state index contributed by atoms with van der Waals surface area (Å²) in [5, 5.41) is 0. The van der Waals surface area contributed by atoms with Crippen LogP contribution in [0.15, 0.2) is 22.6 Å². The first-order chi connectivity index (χ1) is 8.62. The normalized spacial score (nSPS) is 17.1. The van der Waals surface area contributed by atoms with Gasteiger partial charge in [0, 0.05) is 31.6 Å². The summed E-state index contributed by atoms with van der Waals surface area (Å²) in [6.45, 7) is 3.67. The number of rotatable bonds is 4. The Hall–Kier alpha value is -1.55. The van der Waals surface area contributed by atoms with Crippen molar-refractivity contribution >= 4 is 16.8 Å². The van der Waals surface area contributed by atoms with Gasteiger partial charge in [-0.3, -0.25) is 0 Å². The molecule has 18 heavy (non-hydrogen) atoms. The van der Waals surface area contributed by atoms with Gasteiger partial charge in [-0.05, 0) is 37.6 Å². The minimum Gasteiger partial charge on any atom is -0.441 e. The number of nitrogens with two attached hydrogens (primary N) is 1. The van der Waals surface area contributed by atoms with Crippen molar-refractivity contribution < 1.29 is 4.42 Å². The maximum Gasteiger partial charge on any atom is 0.192 e. The summed E-state index contributed by atoms with van der Waals surface area (Å²) in [4.78, 5) is 6.64. The summed E-state index contributed by atoms with van der Waals surface area (Å²) in [6, 6.07) is 6.15. The lowest BCUT2D eigenvalue weighted by Crippen LogP contribution is -2.31. The van der Waals surface area contributed by atoms with E-state index in [-0.39, 0.29) is 0 Å². The average molecular weight is 245 g/mol. The second-order valence-electron chi connectivity index (χ2n) is 5.45. The van der Waals surface area contributed by atoms with Crippen LogP contribution in [-0.4, -0.2) is 25.1 Å². The van der Waals surface area contributed by atoms with Gasteiger partial charge in [-0.25, -0.2) is 4.98 Å². The lowest BCUT2D eigenvalue weighted by Gasteiger charge is -2.24. The van der Waals surface area contributed by atoms with Gasteiger partial charge in [-0.2, -0.15) is 0 Å². The second kappa shape index (κ2) is 3.99. The number of oxazole rings is 1. The van der Waals surface area contributed by atoms with Crippen molar-refractivity contribution in [1.29, 1.82) is 0 Å². The number of anilines is 1. The zero-order valence-corrected chi connectivity index (χ0v) is 10.9. The monoisotopic (exact) mass is 245 g/mol. The van der Waals surface area contributed by atoms with E-state index in [0.717, 1.165) is 24.2 Å². The number of nitrogens with zero attached hydrogens (tertiary/aromatic N) is 2. The van der Waals surface area contributed by atoms with Crippen LogP contribution < -0.4 is 10.6 Å². The number of aromatic nitrogens is 1. The first-order valence-corrected chi connectivity index (χ1v) is 6.40. The number of hydrogen-bond donors (Lipinski definition) is 1. The molecule has 1 aromatic heterocycles. The predicted octanol–water partition coefficient (Wildman–Crippen LogP) is 2.31. The standard InChI is InChI=1S/C14H19N3O/c1-10-16-12-7-11(3-4-13(12)18-10)17(2)9-14(8-15)5-6-14/h3-4,7H,5-6,8-9,15H2,1-2H3. The smallest absolute Gasteiger partial charge is 0.192 e. The molecule has 0 unspecified atom stereocenters. The van der Waals surface area contributed by atoms with Crippen molar-refractivity contribution in [3.63, 3.8) is 0 Å². The Morgan fingerprint density at radius 3 is 2.89 bits per heavy atom. The summed E-state index contributed by atoms with van der Waals surface area (Å²) in [7, 11) is 2.11. The van der Waals surface area contributed by atoms with Crippen molar-refractivity contribution in [1.82, 2.24) is 4.98 Å². The molecule has 2 aromatic rings. The van der Waals surface area contributed by atoms with Crippen molar-refractivity contribution in [2.45, 2.75) is 19.8 Å². The Morgan fingerprint density at radius 2 is 2.22 bits per heavy atom. The van der Waals surface area contributed by atoms with Gasteiger partial charge in [0.2, 0.25) is 0 Å². The van der Waals surface area contributed by atoms with E-state index in [1.165, 1.54) is 18.5 Å². The minimum absolute atomic E-state index is 0.351. The van der Waals surface area contributed by atoms with E-state index >= 15 is 0 Å². The molecule has 1 aromatic carbocycles. The summed E-state index contributed by atoms with van der Waals surface area (Å²) in [5.41, 5.74) is 9.14. The van der Waals surface area contributed by atoms with E-state index in [9.17, 15) is 0 Å². The minimum atomic E-state index is 0.351. The molecule has 0 saturated heterocycles. The van der Waals surface area contributed by atoms with Gasteiger partial charge in [-0.15, -0.1) is 0 Å². The van der Waals surface area contributed by atoms with Crippen LogP contribution in [0, 0.1) is 12.3 Å². The van der Waals surface area contributed by atoms with Gasteiger partial charge in [0.05, 0.1) is 0 Å². The van der Waals surface area contributed by atoms with E-state index in [4.69, 9.17) is 10.2 Å². The fraction of sp³-hybridized carbons (Fsp3) is 0.500. The van der Waals surface area contributed by atoms with Gasteiger partial charge < -0.3 is 15.1 Å². The van der Waals surface area contributed by atoms with Crippen molar-refractivity contribution in [2.75, 3.05) is 25.0 Å². The summed E-state index contributed by atoms with van der Waals surface area (Å²) >= 11 is 0. The fourth-order valence-corrected chi connectivity index (χ4v) is 2.47. The SMILES string of the molecule is Cc1nc2cc(N(C)CC3(CN)CC3)ccc2o1. The largest absolute Gasteiger partial charge is 0.441 e. The topological polar surface area (TPSA) is 55.3 Å². The van der Waals surface area contributed by atoms with Crippen LogP contribution in [0.4, 0.5) is 5.69 Å². The molecular formula is C14H19N3O. The molecule has 1 heterocycles. The Kier molecular flexibility index (Phi) is 2.55. The molecule has 0 radical (unpaired) electrons. The molecule has 2 N–H and O–H groups in total. The number of fused-ring (bicyclic) bond motifs is 1. The third-order valence-electron chi connectivity index (χ3n) is 3.88. The highest BCUT2D eigenvalue weighted by Gasteiger charge is 2.42. The lowest BCUT2D eigenvalue weighted by atomic mass is 10.1. The molecule has 1 saturated carbocycles. The summed E-state index contributed by atoms with van der Waals surface area (Å²) in [6.07, 6.45) is 2.50. The molecule has 0 aliphatic heterocycles. The predicted molar refractivity (Wildman–Crippen MR) is 72.7 cm³/mol. The number of hydrogen-bond acceptors (Lipinski definition) is 4. The molecule has 1 fully saturated rings. The molecule has 0 amide bonds. The molecule has 0 atom stereocenters. The van der Waals surface area contributed by atoms with Gasteiger partial charge in [0.1, 0.15) is 5.52 Å². The molecule has 1 aliphatic carbocycles. The first kappa shape index (κ1) is 11.5. The van der Waals surface area contributed by atoms with Crippen LogP contribution >= 0.6 is 0 Å². The highest BCUT2D eigenvalue weighted by molar-refractivity contribution is 5.77. The van der Waals surface area contributed by atoms with E-state index in [2.05, 4.69) is 29.1 Å². The highest BCUT2D eigenvalue weighted by Crippen LogP contribution is 2.45. The molecule has 3 rings (SSSR count). The molecule has 1 aliphatic rings. The zero-order valence-electron chi connectivity index (χ0n) is 10.9. The van der Waals surface area contributed by atoms with Gasteiger partial charge in [0.25, 0.3) is 0 Å². The Balaban J connectivity index is 1.84. The van der Waals surface area contributed by atoms with Crippen LogP contribution in [-0.2, 0) is 0 Å². The second-order valence-corrected chi connectivity index (χ2v) is 5.45. The van der Waals surface area contributed by atoms with Gasteiger partial charge in [-0.1, -0.05) is 0 Å². The van der Waals surface area contributed by atoms with Crippen molar-refractivity contribution in [2.24, 2.45) is 11.1 Å². The molecule has 96 valence electrons. The number of aryl methyl sites for hydroxylation is 1. The van der Waals surface area contributed by atoms with Crippen LogP contribution in [0.2, 0.25) is 0 Å². The Morgan fingerprint density at radius 1 is 1.44 bits per heavy atom. The van der Waals surface area contributed by atoms with Crippen LogP contribution in [0.5, 0.6) is 0 Å². The molecule has 4 nitrogen and oxygen atoms in total. The Labute approximate surface area is 107 Å². The maximum absolute atomic E-state index is 5.84. The highest BCUT2D eigenvalue weighted by atomic mass is 16.3. The average Bonchev–Trinajstić information content (AvgIpc) is 3.01. The van der Waals surface area contributed by atoms with Crippen LogP contribution in [0.3, 0.4) is 0 Å². The Bertz CT molecular complexity index is 571. The van der Waals surface area contributed by atoms with E-state index in [1.54, 1.807) is 0 Å². The first-order valence-electron chi connectivity index (χ1n) is 6.40. The third kappa shape index (κ3) is 1.97. The zero-order chi connectivity index (χ0) is 12.8. The van der Waals surface area contributed by atoms with Gasteiger partial charge >= 0.3 is 0 Å². The van der Waals surface area contributed by atoms with E-state index < -0.39 is 0 Å². The summed E-state index contributed by atoms with van der Waals surface area (Å²) in [5.74, 6) is 0.713. The maximum atomic E-state index is 5.84. The number of benzene rings is 1. The molecule has 4 heteroatoms. The van der Waals surface area contributed by atoms with Crippen molar-refractivity contribution in [3.05, 3.63) is 24.1 Å². The fourth-order valence-electron chi connectivity index (χ4n) is 2.47. The molecular weight excluding hydrogens is 226 g/mol. The third-order valence-corrected chi connectivity index (χ3v) is 3.88. The van der Waals surface area contributed by atoms with Gasteiger partial charge in [0.15, 0.2) is 11.5 Å². The molecule has 0 spiro atoms. The van der Waals surface area contributed by atoms with Crippen molar-refractivity contribution in [3.8, 4) is 0 Å². The lowest BCUT2D eigenvalue weighted by molar-refractivity contribution is 0.523. The van der Waals surface area contributed by atoms with Crippen LogP contribution in [0.25, 0.3) is 11.1 Å². The van der Waals surface area contributed by atoms with E-state index in [0.29, 0.717) is 11.3 Å². The molecule has 0 bridgehead atoms.